The quantitative estimate of drug-likeness (QED) is 0.819. The number of benzene rings is 1. The van der Waals surface area contributed by atoms with Crippen LogP contribution < -0.4 is 10.1 Å². The molecule has 0 spiro atoms. The molecular weight excluding hydrogens is 270 g/mol. The van der Waals surface area contributed by atoms with Gasteiger partial charge in [-0.1, -0.05) is 12.1 Å². The first-order valence-electron chi connectivity index (χ1n) is 6.81. The number of ether oxygens (including phenoxy) is 1. The maximum absolute atomic E-state index is 11.6. The highest BCUT2D eigenvalue weighted by Crippen LogP contribution is 2.15. The van der Waals surface area contributed by atoms with Crippen LogP contribution in [0.4, 0.5) is 0 Å². The molecule has 0 aliphatic carbocycles. The van der Waals surface area contributed by atoms with Crippen molar-refractivity contribution < 1.29 is 19.1 Å². The molecule has 1 amide bonds. The van der Waals surface area contributed by atoms with Crippen LogP contribution in [0.2, 0.25) is 0 Å². The van der Waals surface area contributed by atoms with E-state index < -0.39 is 6.10 Å². The Bertz CT molecular complexity index is 565. The Kier molecular flexibility index (Phi) is 5.40. The highest BCUT2D eigenvalue weighted by Gasteiger charge is 2.09. The van der Waals surface area contributed by atoms with E-state index in [0.29, 0.717) is 24.3 Å². The van der Waals surface area contributed by atoms with Crippen LogP contribution in [0.25, 0.3) is 0 Å². The molecule has 112 valence electrons. The molecule has 0 saturated carbocycles. The predicted molar refractivity (Wildman–Crippen MR) is 78.0 cm³/mol. The van der Waals surface area contributed by atoms with E-state index in [4.69, 9.17) is 9.15 Å². The minimum Gasteiger partial charge on any atom is -0.484 e. The van der Waals surface area contributed by atoms with Gasteiger partial charge in [-0.15, -0.1) is 0 Å². The van der Waals surface area contributed by atoms with Gasteiger partial charge in [0.25, 0.3) is 5.91 Å². The number of hydrogen-bond acceptors (Lipinski definition) is 4. The van der Waals surface area contributed by atoms with Crippen molar-refractivity contribution in [2.75, 3.05) is 13.2 Å². The normalized spacial score (nSPS) is 11.9. The van der Waals surface area contributed by atoms with Crippen molar-refractivity contribution in [3.05, 3.63) is 54.0 Å². The molecule has 5 heteroatoms. The summed E-state index contributed by atoms with van der Waals surface area (Å²) in [6, 6.07) is 9.22. The summed E-state index contributed by atoms with van der Waals surface area (Å²) < 4.78 is 10.3. The lowest BCUT2D eigenvalue weighted by Crippen LogP contribution is -2.30. The minimum atomic E-state index is -0.637. The summed E-state index contributed by atoms with van der Waals surface area (Å²) >= 11 is 0. The van der Waals surface area contributed by atoms with Crippen molar-refractivity contribution in [1.82, 2.24) is 5.32 Å². The van der Waals surface area contributed by atoms with Gasteiger partial charge in [-0.05, 0) is 37.1 Å². The number of amides is 1. The Morgan fingerprint density at radius 1 is 1.43 bits per heavy atom. The molecule has 1 unspecified atom stereocenters. The summed E-state index contributed by atoms with van der Waals surface area (Å²) in [6.45, 7) is 2.30. The fourth-order valence-corrected chi connectivity index (χ4v) is 1.88. The first-order chi connectivity index (χ1) is 10.1. The molecule has 0 aliphatic rings. The van der Waals surface area contributed by atoms with Crippen molar-refractivity contribution in [2.45, 2.75) is 19.4 Å². The third-order valence-corrected chi connectivity index (χ3v) is 3.03. The fourth-order valence-electron chi connectivity index (χ4n) is 1.88. The highest BCUT2D eigenvalue weighted by molar-refractivity contribution is 5.77. The van der Waals surface area contributed by atoms with Gasteiger partial charge in [-0.3, -0.25) is 4.79 Å². The van der Waals surface area contributed by atoms with E-state index in [1.54, 1.807) is 6.07 Å². The zero-order valence-corrected chi connectivity index (χ0v) is 11.9. The molecule has 1 aromatic heterocycles. The van der Waals surface area contributed by atoms with Gasteiger partial charge in [-0.25, -0.2) is 0 Å². The van der Waals surface area contributed by atoms with Gasteiger partial charge >= 0.3 is 0 Å². The smallest absolute Gasteiger partial charge is 0.257 e. The molecule has 0 saturated heterocycles. The molecule has 1 atom stereocenters. The van der Waals surface area contributed by atoms with Crippen LogP contribution in [0.1, 0.15) is 23.7 Å². The SMILES string of the molecule is Cc1cccc(OCC(=O)NCCC(O)c2ccoc2)c1. The Hall–Kier alpha value is -2.27. The monoisotopic (exact) mass is 289 g/mol. The zero-order valence-electron chi connectivity index (χ0n) is 11.9. The van der Waals surface area contributed by atoms with Gasteiger partial charge in [0, 0.05) is 12.1 Å². The maximum atomic E-state index is 11.6. The summed E-state index contributed by atoms with van der Waals surface area (Å²) in [5, 5.41) is 12.5. The first kappa shape index (κ1) is 15.1. The average Bonchev–Trinajstić information content (AvgIpc) is 2.99. The van der Waals surface area contributed by atoms with Gasteiger partial charge in [0.2, 0.25) is 0 Å². The van der Waals surface area contributed by atoms with Crippen molar-refractivity contribution in [2.24, 2.45) is 0 Å². The second kappa shape index (κ2) is 7.50. The maximum Gasteiger partial charge on any atom is 0.257 e. The number of aryl methyl sites for hydroxylation is 1. The van der Waals surface area contributed by atoms with E-state index in [2.05, 4.69) is 5.32 Å². The van der Waals surface area contributed by atoms with E-state index in [9.17, 15) is 9.90 Å². The molecule has 2 N–H and O–H groups in total. The van der Waals surface area contributed by atoms with Crippen LogP contribution in [-0.4, -0.2) is 24.2 Å². The summed E-state index contributed by atoms with van der Waals surface area (Å²) in [5.74, 6) is 0.458. The van der Waals surface area contributed by atoms with E-state index >= 15 is 0 Å². The molecule has 0 aliphatic heterocycles. The lowest BCUT2D eigenvalue weighted by atomic mass is 10.1. The average molecular weight is 289 g/mol. The Morgan fingerprint density at radius 3 is 3.00 bits per heavy atom. The van der Waals surface area contributed by atoms with Crippen LogP contribution in [0.3, 0.4) is 0 Å². The fraction of sp³-hybridized carbons (Fsp3) is 0.312. The molecule has 0 fully saturated rings. The number of hydrogen-bond donors (Lipinski definition) is 2. The number of aliphatic hydroxyl groups excluding tert-OH is 1. The van der Waals surface area contributed by atoms with Crippen molar-refractivity contribution in [3.63, 3.8) is 0 Å². The standard InChI is InChI=1S/C16H19NO4/c1-12-3-2-4-14(9-12)21-11-16(19)17-7-5-15(18)13-6-8-20-10-13/h2-4,6,8-10,15,18H,5,7,11H2,1H3,(H,17,19). The van der Waals surface area contributed by atoms with Gasteiger partial charge in [-0.2, -0.15) is 0 Å². The lowest BCUT2D eigenvalue weighted by molar-refractivity contribution is -0.123. The number of carbonyl (C=O) groups excluding carboxylic acids is 1. The second-order valence-corrected chi connectivity index (χ2v) is 4.82. The van der Waals surface area contributed by atoms with E-state index in [-0.39, 0.29) is 12.5 Å². The molecule has 1 heterocycles. The van der Waals surface area contributed by atoms with Crippen molar-refractivity contribution in [1.29, 1.82) is 0 Å². The summed E-state index contributed by atoms with van der Waals surface area (Å²) in [7, 11) is 0. The minimum absolute atomic E-state index is 0.0364. The number of carbonyl (C=O) groups is 1. The first-order valence-corrected chi connectivity index (χ1v) is 6.81. The number of rotatable bonds is 7. The molecule has 2 aromatic rings. The molecule has 21 heavy (non-hydrogen) atoms. The number of aliphatic hydroxyl groups is 1. The lowest BCUT2D eigenvalue weighted by Gasteiger charge is -2.10. The Balaban J connectivity index is 1.66. The van der Waals surface area contributed by atoms with Gasteiger partial charge in [0.15, 0.2) is 6.61 Å². The van der Waals surface area contributed by atoms with Crippen LogP contribution >= 0.6 is 0 Å². The third-order valence-electron chi connectivity index (χ3n) is 3.03. The molecule has 5 nitrogen and oxygen atoms in total. The summed E-state index contributed by atoms with van der Waals surface area (Å²) in [5.41, 5.74) is 1.79. The summed E-state index contributed by atoms with van der Waals surface area (Å²) in [6.07, 6.45) is 2.79. The second-order valence-electron chi connectivity index (χ2n) is 4.82. The third kappa shape index (κ3) is 4.96. The van der Waals surface area contributed by atoms with Gasteiger partial charge in [0.1, 0.15) is 5.75 Å². The number of furan rings is 1. The summed E-state index contributed by atoms with van der Waals surface area (Å²) in [4.78, 5) is 11.6. The van der Waals surface area contributed by atoms with Crippen molar-refractivity contribution >= 4 is 5.91 Å². The Morgan fingerprint density at radius 2 is 2.29 bits per heavy atom. The van der Waals surface area contributed by atoms with Crippen LogP contribution in [0, 0.1) is 6.92 Å². The topological polar surface area (TPSA) is 71.7 Å². The molecule has 1 aromatic carbocycles. The van der Waals surface area contributed by atoms with E-state index in [1.165, 1.54) is 12.5 Å². The Labute approximate surface area is 123 Å². The van der Waals surface area contributed by atoms with Crippen LogP contribution in [-0.2, 0) is 4.79 Å². The van der Waals surface area contributed by atoms with Crippen LogP contribution in [0.15, 0.2) is 47.3 Å². The highest BCUT2D eigenvalue weighted by atomic mass is 16.5. The predicted octanol–water partition coefficient (Wildman–Crippen LogP) is 2.21. The molecular formula is C16H19NO4. The van der Waals surface area contributed by atoms with E-state index in [0.717, 1.165) is 5.56 Å². The largest absolute Gasteiger partial charge is 0.484 e. The zero-order chi connectivity index (χ0) is 15.1. The molecule has 0 bridgehead atoms. The van der Waals surface area contributed by atoms with Gasteiger partial charge in [0.05, 0.1) is 18.6 Å². The van der Waals surface area contributed by atoms with Gasteiger partial charge < -0.3 is 19.6 Å². The molecule has 2 rings (SSSR count). The van der Waals surface area contributed by atoms with E-state index in [1.807, 2.05) is 31.2 Å². The number of nitrogens with one attached hydrogen (secondary N) is 1. The molecule has 0 radical (unpaired) electrons. The van der Waals surface area contributed by atoms with Crippen molar-refractivity contribution in [3.8, 4) is 5.75 Å². The van der Waals surface area contributed by atoms with Crippen LogP contribution in [0.5, 0.6) is 5.75 Å².